The second kappa shape index (κ2) is 6.87. The molecule has 1 aromatic carbocycles. The first-order valence-electron chi connectivity index (χ1n) is 6.87. The number of hydrogen-bond donors (Lipinski definition) is 1. The second-order valence-corrected chi connectivity index (χ2v) is 5.04. The number of aryl methyl sites for hydroxylation is 1. The van der Waals surface area contributed by atoms with Gasteiger partial charge in [-0.25, -0.2) is 4.39 Å². The molecule has 1 atom stereocenters. The van der Waals surface area contributed by atoms with Crippen LogP contribution >= 0.6 is 12.4 Å². The number of aromatic nitrogens is 1. The molecule has 2 N–H and O–H groups in total. The van der Waals surface area contributed by atoms with Crippen LogP contribution in [0.1, 0.15) is 18.4 Å². The Morgan fingerprint density at radius 3 is 2.95 bits per heavy atom. The third-order valence-corrected chi connectivity index (χ3v) is 3.61. The van der Waals surface area contributed by atoms with Gasteiger partial charge in [0.2, 0.25) is 0 Å². The van der Waals surface area contributed by atoms with Crippen molar-refractivity contribution in [3.63, 3.8) is 0 Å². The molecular formula is C16H18ClFN2O. The number of rotatable bonds is 3. The van der Waals surface area contributed by atoms with Gasteiger partial charge in [0.05, 0.1) is 0 Å². The van der Waals surface area contributed by atoms with Crippen molar-refractivity contribution < 1.29 is 9.13 Å². The number of ether oxygens (including phenoxy) is 1. The molecule has 2 aromatic rings. The van der Waals surface area contributed by atoms with E-state index in [9.17, 15) is 4.39 Å². The van der Waals surface area contributed by atoms with Gasteiger partial charge in [-0.05, 0) is 49.6 Å². The molecule has 2 heterocycles. The standard InChI is InChI=1S/C16H17FN2O.ClH/c17-13-8-11-3-4-14(5-6-18)20-16(11)15(9-13)12-2-1-7-19-10-12;/h1-2,7-10,14H,3-6,18H2;1H/t14-;/m1./s1. The van der Waals surface area contributed by atoms with Gasteiger partial charge in [0.15, 0.2) is 0 Å². The highest BCUT2D eigenvalue weighted by Crippen LogP contribution is 2.38. The van der Waals surface area contributed by atoms with E-state index < -0.39 is 0 Å². The van der Waals surface area contributed by atoms with E-state index in [1.165, 1.54) is 6.07 Å². The van der Waals surface area contributed by atoms with Crippen LogP contribution in [0.4, 0.5) is 4.39 Å². The topological polar surface area (TPSA) is 48.1 Å². The van der Waals surface area contributed by atoms with Crippen molar-refractivity contribution in [2.75, 3.05) is 6.54 Å². The lowest BCUT2D eigenvalue weighted by Crippen LogP contribution is -2.26. The molecular weight excluding hydrogens is 291 g/mol. The number of benzene rings is 1. The van der Waals surface area contributed by atoms with E-state index >= 15 is 0 Å². The van der Waals surface area contributed by atoms with Crippen LogP contribution in [0.25, 0.3) is 11.1 Å². The lowest BCUT2D eigenvalue weighted by Gasteiger charge is -2.28. The minimum atomic E-state index is -0.233. The van der Waals surface area contributed by atoms with E-state index in [1.807, 2.05) is 12.1 Å². The second-order valence-electron chi connectivity index (χ2n) is 5.04. The van der Waals surface area contributed by atoms with E-state index in [-0.39, 0.29) is 24.3 Å². The normalized spacial score (nSPS) is 16.6. The monoisotopic (exact) mass is 308 g/mol. The smallest absolute Gasteiger partial charge is 0.130 e. The lowest BCUT2D eigenvalue weighted by molar-refractivity contribution is 0.167. The molecule has 0 amide bonds. The Morgan fingerprint density at radius 1 is 1.38 bits per heavy atom. The first kappa shape index (κ1) is 15.7. The van der Waals surface area contributed by atoms with Gasteiger partial charge in [-0.3, -0.25) is 4.98 Å². The lowest BCUT2D eigenvalue weighted by atomic mass is 9.95. The predicted molar refractivity (Wildman–Crippen MR) is 83.3 cm³/mol. The maximum atomic E-state index is 13.8. The van der Waals surface area contributed by atoms with Gasteiger partial charge in [-0.1, -0.05) is 6.07 Å². The molecule has 0 spiro atoms. The fourth-order valence-corrected chi connectivity index (χ4v) is 2.64. The fraction of sp³-hybridized carbons (Fsp3) is 0.312. The van der Waals surface area contributed by atoms with Gasteiger partial charge in [-0.15, -0.1) is 12.4 Å². The zero-order valence-electron chi connectivity index (χ0n) is 11.6. The number of nitrogens with zero attached hydrogens (tertiary/aromatic N) is 1. The van der Waals surface area contributed by atoms with E-state index in [0.29, 0.717) is 6.54 Å². The fourth-order valence-electron chi connectivity index (χ4n) is 2.64. The van der Waals surface area contributed by atoms with Gasteiger partial charge in [0.25, 0.3) is 0 Å². The average Bonchev–Trinajstić information content (AvgIpc) is 2.48. The molecule has 0 aliphatic carbocycles. The molecule has 0 radical (unpaired) electrons. The van der Waals surface area contributed by atoms with E-state index in [2.05, 4.69) is 4.98 Å². The van der Waals surface area contributed by atoms with Crippen LogP contribution in [0.3, 0.4) is 0 Å². The SMILES string of the molecule is Cl.NCC[C@H]1CCc2cc(F)cc(-c3cccnc3)c2O1. The number of halogens is 2. The molecule has 5 heteroatoms. The average molecular weight is 309 g/mol. The van der Waals surface area contributed by atoms with E-state index in [0.717, 1.165) is 41.7 Å². The Morgan fingerprint density at radius 2 is 2.24 bits per heavy atom. The van der Waals surface area contributed by atoms with Gasteiger partial charge in [-0.2, -0.15) is 0 Å². The predicted octanol–water partition coefficient (Wildman–Crippen LogP) is 3.35. The Balaban J connectivity index is 0.00000161. The molecule has 0 saturated carbocycles. The minimum Gasteiger partial charge on any atom is -0.489 e. The molecule has 1 aliphatic rings. The summed E-state index contributed by atoms with van der Waals surface area (Å²) in [5.74, 6) is 0.549. The minimum absolute atomic E-state index is 0. The quantitative estimate of drug-likeness (QED) is 0.946. The molecule has 0 fully saturated rings. The molecule has 0 bridgehead atoms. The summed E-state index contributed by atoms with van der Waals surface area (Å²) in [6.07, 6.45) is 6.08. The zero-order chi connectivity index (χ0) is 13.9. The summed E-state index contributed by atoms with van der Waals surface area (Å²) in [7, 11) is 0. The Bertz CT molecular complexity index is 607. The van der Waals surface area contributed by atoms with Crippen molar-refractivity contribution >= 4 is 12.4 Å². The van der Waals surface area contributed by atoms with Crippen LogP contribution in [-0.2, 0) is 6.42 Å². The molecule has 21 heavy (non-hydrogen) atoms. The highest BCUT2D eigenvalue weighted by Gasteiger charge is 2.23. The summed E-state index contributed by atoms with van der Waals surface area (Å²) >= 11 is 0. The molecule has 3 rings (SSSR count). The maximum absolute atomic E-state index is 13.8. The summed E-state index contributed by atoms with van der Waals surface area (Å²) in [4.78, 5) is 4.10. The molecule has 1 aromatic heterocycles. The third-order valence-electron chi connectivity index (χ3n) is 3.61. The maximum Gasteiger partial charge on any atom is 0.130 e. The van der Waals surface area contributed by atoms with Crippen molar-refractivity contribution in [3.8, 4) is 16.9 Å². The first-order valence-corrected chi connectivity index (χ1v) is 6.87. The Labute approximate surface area is 129 Å². The van der Waals surface area contributed by atoms with Gasteiger partial charge in [0, 0.05) is 23.5 Å². The van der Waals surface area contributed by atoms with Gasteiger partial charge >= 0.3 is 0 Å². The number of pyridine rings is 1. The summed E-state index contributed by atoms with van der Waals surface area (Å²) in [6.45, 7) is 0.601. The molecule has 0 saturated heterocycles. The summed E-state index contributed by atoms with van der Waals surface area (Å²) < 4.78 is 19.8. The summed E-state index contributed by atoms with van der Waals surface area (Å²) in [5.41, 5.74) is 8.18. The van der Waals surface area contributed by atoms with Crippen molar-refractivity contribution in [1.82, 2.24) is 4.98 Å². The van der Waals surface area contributed by atoms with E-state index in [1.54, 1.807) is 18.5 Å². The summed E-state index contributed by atoms with van der Waals surface area (Å²) in [5, 5.41) is 0. The number of fused-ring (bicyclic) bond motifs is 1. The van der Waals surface area contributed by atoms with Crippen LogP contribution in [0, 0.1) is 5.82 Å². The van der Waals surface area contributed by atoms with Crippen LogP contribution in [0.2, 0.25) is 0 Å². The number of nitrogens with two attached hydrogens (primary N) is 1. The van der Waals surface area contributed by atoms with Crippen molar-refractivity contribution in [3.05, 3.63) is 48.0 Å². The van der Waals surface area contributed by atoms with Crippen LogP contribution in [-0.4, -0.2) is 17.6 Å². The van der Waals surface area contributed by atoms with Crippen LogP contribution in [0.5, 0.6) is 5.75 Å². The Hall–Kier alpha value is -1.65. The first-order chi connectivity index (χ1) is 9.78. The highest BCUT2D eigenvalue weighted by atomic mass is 35.5. The molecule has 0 unspecified atom stereocenters. The zero-order valence-corrected chi connectivity index (χ0v) is 12.4. The van der Waals surface area contributed by atoms with E-state index in [4.69, 9.17) is 10.5 Å². The van der Waals surface area contributed by atoms with Gasteiger partial charge < -0.3 is 10.5 Å². The molecule has 112 valence electrons. The van der Waals surface area contributed by atoms with Crippen molar-refractivity contribution in [2.45, 2.75) is 25.4 Å². The van der Waals surface area contributed by atoms with Gasteiger partial charge in [0.1, 0.15) is 17.7 Å². The molecule has 3 nitrogen and oxygen atoms in total. The number of hydrogen-bond acceptors (Lipinski definition) is 3. The summed E-state index contributed by atoms with van der Waals surface area (Å²) in [6, 6.07) is 6.83. The molecule has 1 aliphatic heterocycles. The van der Waals surface area contributed by atoms with Crippen LogP contribution < -0.4 is 10.5 Å². The van der Waals surface area contributed by atoms with Crippen molar-refractivity contribution in [1.29, 1.82) is 0 Å². The largest absolute Gasteiger partial charge is 0.489 e. The van der Waals surface area contributed by atoms with Crippen molar-refractivity contribution in [2.24, 2.45) is 5.73 Å². The Kier molecular flexibility index (Phi) is 5.15. The van der Waals surface area contributed by atoms with Crippen LogP contribution in [0.15, 0.2) is 36.7 Å². The highest BCUT2D eigenvalue weighted by molar-refractivity contribution is 5.85. The third kappa shape index (κ3) is 3.34.